The molecule has 0 spiro atoms. The molecular weight excluding hydrogens is 315 g/mol. The number of benzene rings is 1. The summed E-state index contributed by atoms with van der Waals surface area (Å²) in [6, 6.07) is 6.46. The summed E-state index contributed by atoms with van der Waals surface area (Å²) in [4.78, 5) is 8.15. The average Bonchev–Trinajstić information content (AvgIpc) is 2.26. The van der Waals surface area contributed by atoms with Crippen LogP contribution in [0, 0.1) is 0 Å². The molecule has 1 aromatic carbocycles. The van der Waals surface area contributed by atoms with Crippen molar-refractivity contribution in [3.05, 3.63) is 39.0 Å². The highest BCUT2D eigenvalue weighted by atomic mass is 79.9. The molecule has 0 aliphatic rings. The van der Waals surface area contributed by atoms with Crippen molar-refractivity contribution in [2.45, 2.75) is 0 Å². The van der Waals surface area contributed by atoms with Crippen LogP contribution in [-0.4, -0.2) is 15.1 Å². The molecule has 0 aliphatic heterocycles. The Morgan fingerprint density at radius 3 is 2.00 bits per heavy atom. The molecule has 0 bridgehead atoms. The van der Waals surface area contributed by atoms with Gasteiger partial charge in [-0.1, -0.05) is 23.2 Å². The molecule has 1 N–H and O–H groups in total. The second kappa shape index (κ2) is 4.57. The minimum Gasteiger partial charge on any atom is -0.508 e. The molecule has 82 valence electrons. The third-order valence-electron chi connectivity index (χ3n) is 1.90. The number of halogens is 3. The van der Waals surface area contributed by atoms with Crippen molar-refractivity contribution in [1.82, 2.24) is 9.97 Å². The SMILES string of the molecule is Oc1ccc(-c2nc(Cl)c(Br)c(Cl)n2)cc1. The fraction of sp³-hybridized carbons (Fsp3) is 0. The second-order valence-electron chi connectivity index (χ2n) is 2.99. The zero-order valence-corrected chi connectivity index (χ0v) is 10.9. The van der Waals surface area contributed by atoms with Crippen LogP contribution in [0.3, 0.4) is 0 Å². The molecule has 0 fully saturated rings. The van der Waals surface area contributed by atoms with Gasteiger partial charge in [0, 0.05) is 5.56 Å². The standard InChI is InChI=1S/C10H5BrCl2N2O/c11-7-8(12)14-10(15-9(7)13)5-1-3-6(16)4-2-5/h1-4,16H. The maximum absolute atomic E-state index is 9.16. The highest BCUT2D eigenvalue weighted by Crippen LogP contribution is 2.30. The molecule has 2 rings (SSSR count). The number of hydrogen-bond donors (Lipinski definition) is 1. The maximum Gasteiger partial charge on any atom is 0.162 e. The Labute approximate surface area is 110 Å². The smallest absolute Gasteiger partial charge is 0.162 e. The van der Waals surface area contributed by atoms with Gasteiger partial charge in [-0.2, -0.15) is 0 Å². The van der Waals surface area contributed by atoms with Crippen LogP contribution in [0.5, 0.6) is 5.75 Å². The summed E-state index contributed by atoms with van der Waals surface area (Å²) in [5, 5.41) is 9.66. The van der Waals surface area contributed by atoms with Crippen molar-refractivity contribution >= 4 is 39.1 Å². The van der Waals surface area contributed by atoms with Gasteiger partial charge >= 0.3 is 0 Å². The first-order valence-corrected chi connectivity index (χ1v) is 5.81. The van der Waals surface area contributed by atoms with E-state index in [-0.39, 0.29) is 16.1 Å². The van der Waals surface area contributed by atoms with E-state index in [2.05, 4.69) is 25.9 Å². The molecule has 6 heteroatoms. The van der Waals surface area contributed by atoms with E-state index in [1.165, 1.54) is 0 Å². The lowest BCUT2D eigenvalue weighted by atomic mass is 10.2. The highest BCUT2D eigenvalue weighted by Gasteiger charge is 2.10. The van der Waals surface area contributed by atoms with Crippen LogP contribution < -0.4 is 0 Å². The Hall–Kier alpha value is -0.840. The van der Waals surface area contributed by atoms with Crippen molar-refractivity contribution in [2.24, 2.45) is 0 Å². The van der Waals surface area contributed by atoms with E-state index in [1.54, 1.807) is 24.3 Å². The van der Waals surface area contributed by atoms with E-state index in [1.807, 2.05) is 0 Å². The van der Waals surface area contributed by atoms with E-state index in [4.69, 9.17) is 28.3 Å². The number of rotatable bonds is 1. The molecule has 0 amide bonds. The molecule has 16 heavy (non-hydrogen) atoms. The molecule has 2 aromatic rings. The molecule has 3 nitrogen and oxygen atoms in total. The number of phenols is 1. The molecule has 1 heterocycles. The molecule has 0 aliphatic carbocycles. The first-order chi connectivity index (χ1) is 7.58. The minimum atomic E-state index is 0.179. The van der Waals surface area contributed by atoms with Crippen molar-refractivity contribution in [1.29, 1.82) is 0 Å². The molecule has 0 radical (unpaired) electrons. The van der Waals surface area contributed by atoms with E-state index in [9.17, 15) is 0 Å². The van der Waals surface area contributed by atoms with Gasteiger partial charge in [0.15, 0.2) is 5.82 Å². The normalized spacial score (nSPS) is 10.4. The fourth-order valence-corrected chi connectivity index (χ4v) is 1.70. The Morgan fingerprint density at radius 1 is 1.00 bits per heavy atom. The monoisotopic (exact) mass is 318 g/mol. The van der Waals surface area contributed by atoms with Crippen LogP contribution in [0.2, 0.25) is 10.3 Å². The molecular formula is C10H5BrCl2N2O. The van der Waals surface area contributed by atoms with Gasteiger partial charge in [0.2, 0.25) is 0 Å². The molecule has 0 unspecified atom stereocenters. The third kappa shape index (κ3) is 2.29. The minimum absolute atomic E-state index is 0.179. The van der Waals surface area contributed by atoms with E-state index >= 15 is 0 Å². The first-order valence-electron chi connectivity index (χ1n) is 4.26. The zero-order chi connectivity index (χ0) is 11.7. The van der Waals surface area contributed by atoms with E-state index in [0.29, 0.717) is 10.3 Å². The predicted molar refractivity (Wildman–Crippen MR) is 66.9 cm³/mol. The number of aromatic nitrogens is 2. The van der Waals surface area contributed by atoms with E-state index < -0.39 is 0 Å². The summed E-state index contributed by atoms with van der Waals surface area (Å²) >= 11 is 14.9. The van der Waals surface area contributed by atoms with Gasteiger partial charge in [0.1, 0.15) is 16.1 Å². The fourth-order valence-electron chi connectivity index (χ4n) is 1.13. The van der Waals surface area contributed by atoms with Crippen LogP contribution in [-0.2, 0) is 0 Å². The van der Waals surface area contributed by atoms with Gasteiger partial charge in [0.05, 0.1) is 4.47 Å². The number of aromatic hydroxyl groups is 1. The Balaban J connectivity index is 2.52. The van der Waals surface area contributed by atoms with Crippen molar-refractivity contribution in [3.8, 4) is 17.1 Å². The largest absolute Gasteiger partial charge is 0.508 e. The highest BCUT2D eigenvalue weighted by molar-refractivity contribution is 9.10. The topological polar surface area (TPSA) is 46.0 Å². The Morgan fingerprint density at radius 2 is 1.50 bits per heavy atom. The van der Waals surface area contributed by atoms with E-state index in [0.717, 1.165) is 5.56 Å². The summed E-state index contributed by atoms with van der Waals surface area (Å²) in [5.74, 6) is 0.594. The van der Waals surface area contributed by atoms with Gasteiger partial charge in [-0.15, -0.1) is 0 Å². The maximum atomic E-state index is 9.16. The van der Waals surface area contributed by atoms with Crippen LogP contribution in [0.25, 0.3) is 11.4 Å². The van der Waals surface area contributed by atoms with Crippen LogP contribution >= 0.6 is 39.1 Å². The van der Waals surface area contributed by atoms with Crippen molar-refractivity contribution in [3.63, 3.8) is 0 Å². The van der Waals surface area contributed by atoms with Gasteiger partial charge in [-0.05, 0) is 40.2 Å². The lowest BCUT2D eigenvalue weighted by Crippen LogP contribution is -1.91. The van der Waals surface area contributed by atoms with Gasteiger partial charge < -0.3 is 5.11 Å². The second-order valence-corrected chi connectivity index (χ2v) is 4.50. The van der Waals surface area contributed by atoms with Crippen molar-refractivity contribution in [2.75, 3.05) is 0 Å². The van der Waals surface area contributed by atoms with Crippen LogP contribution in [0.15, 0.2) is 28.7 Å². The quantitative estimate of drug-likeness (QED) is 0.810. The van der Waals surface area contributed by atoms with Gasteiger partial charge in [0.25, 0.3) is 0 Å². The predicted octanol–water partition coefficient (Wildman–Crippen LogP) is 3.92. The van der Waals surface area contributed by atoms with Crippen LogP contribution in [0.4, 0.5) is 0 Å². The number of phenolic OH excluding ortho intramolecular Hbond substituents is 1. The number of nitrogens with zero attached hydrogens (tertiary/aromatic N) is 2. The van der Waals surface area contributed by atoms with Gasteiger partial charge in [-0.3, -0.25) is 0 Å². The summed E-state index contributed by atoms with van der Waals surface area (Å²) < 4.78 is 0.471. The third-order valence-corrected chi connectivity index (χ3v) is 3.65. The molecule has 0 atom stereocenters. The first kappa shape index (κ1) is 11.6. The lowest BCUT2D eigenvalue weighted by molar-refractivity contribution is 0.475. The summed E-state index contributed by atoms with van der Waals surface area (Å²) in [6.45, 7) is 0. The zero-order valence-electron chi connectivity index (χ0n) is 7.78. The van der Waals surface area contributed by atoms with Crippen molar-refractivity contribution < 1.29 is 5.11 Å². The lowest BCUT2D eigenvalue weighted by Gasteiger charge is -2.03. The molecule has 0 saturated heterocycles. The summed E-state index contributed by atoms with van der Waals surface area (Å²) in [5.41, 5.74) is 0.731. The number of hydrogen-bond acceptors (Lipinski definition) is 3. The molecule has 1 aromatic heterocycles. The van der Waals surface area contributed by atoms with Gasteiger partial charge in [-0.25, -0.2) is 9.97 Å². The molecule has 0 saturated carbocycles. The summed E-state index contributed by atoms with van der Waals surface area (Å²) in [7, 11) is 0. The Bertz CT molecular complexity index is 508. The summed E-state index contributed by atoms with van der Waals surface area (Å²) in [6.07, 6.45) is 0. The Kier molecular flexibility index (Phi) is 3.33. The average molecular weight is 320 g/mol. The van der Waals surface area contributed by atoms with Crippen LogP contribution in [0.1, 0.15) is 0 Å².